The van der Waals surface area contributed by atoms with Gasteiger partial charge in [-0.1, -0.05) is 26.7 Å². The molecule has 0 spiro atoms. The van der Waals surface area contributed by atoms with Gasteiger partial charge in [-0.05, 0) is 12.3 Å². The highest BCUT2D eigenvalue weighted by atomic mass is 16.5. The SMILES string of the molecule is CCC(CC)C(O)CNC1CCOC1. The molecule has 2 N–H and O–H groups in total. The van der Waals surface area contributed by atoms with Gasteiger partial charge in [-0.25, -0.2) is 0 Å². The van der Waals surface area contributed by atoms with Crippen molar-refractivity contribution in [2.45, 2.75) is 45.3 Å². The third-order valence-electron chi connectivity index (χ3n) is 3.14. The first kappa shape index (κ1) is 12.0. The van der Waals surface area contributed by atoms with E-state index in [9.17, 15) is 5.11 Å². The Morgan fingerprint density at radius 2 is 2.14 bits per heavy atom. The van der Waals surface area contributed by atoms with Crippen molar-refractivity contribution in [2.24, 2.45) is 5.92 Å². The lowest BCUT2D eigenvalue weighted by molar-refractivity contribution is 0.0969. The standard InChI is InChI=1S/C11H23NO2/c1-3-9(4-2)11(13)7-12-10-5-6-14-8-10/h9-13H,3-8H2,1-2H3. The number of ether oxygens (including phenoxy) is 1. The van der Waals surface area contributed by atoms with E-state index in [1.54, 1.807) is 0 Å². The zero-order valence-corrected chi connectivity index (χ0v) is 9.33. The Labute approximate surface area is 86.8 Å². The lowest BCUT2D eigenvalue weighted by Gasteiger charge is -2.22. The molecule has 0 amide bonds. The molecule has 3 heteroatoms. The molecular weight excluding hydrogens is 178 g/mol. The zero-order chi connectivity index (χ0) is 10.4. The first-order valence-electron chi connectivity index (χ1n) is 5.77. The van der Waals surface area contributed by atoms with Gasteiger partial charge in [-0.15, -0.1) is 0 Å². The molecule has 0 aromatic rings. The molecule has 2 atom stereocenters. The van der Waals surface area contributed by atoms with Crippen molar-refractivity contribution in [3.05, 3.63) is 0 Å². The largest absolute Gasteiger partial charge is 0.392 e. The van der Waals surface area contributed by atoms with E-state index in [0.717, 1.165) is 32.5 Å². The second-order valence-corrected chi connectivity index (χ2v) is 4.11. The number of aliphatic hydroxyl groups excluding tert-OH is 1. The fourth-order valence-corrected chi connectivity index (χ4v) is 1.98. The van der Waals surface area contributed by atoms with Gasteiger partial charge >= 0.3 is 0 Å². The molecule has 2 unspecified atom stereocenters. The summed E-state index contributed by atoms with van der Waals surface area (Å²) in [5, 5.41) is 13.2. The van der Waals surface area contributed by atoms with Crippen LogP contribution in [0.1, 0.15) is 33.1 Å². The molecule has 1 fully saturated rings. The van der Waals surface area contributed by atoms with Crippen LogP contribution in [0, 0.1) is 5.92 Å². The first-order chi connectivity index (χ1) is 6.77. The molecule has 0 radical (unpaired) electrons. The van der Waals surface area contributed by atoms with Crippen molar-refractivity contribution in [3.8, 4) is 0 Å². The maximum absolute atomic E-state index is 9.87. The zero-order valence-electron chi connectivity index (χ0n) is 9.33. The summed E-state index contributed by atoms with van der Waals surface area (Å²) in [6, 6.07) is 0.457. The normalized spacial score (nSPS) is 24.4. The molecule has 0 aromatic heterocycles. The minimum atomic E-state index is -0.203. The molecule has 84 valence electrons. The van der Waals surface area contributed by atoms with Crippen LogP contribution in [0.15, 0.2) is 0 Å². The van der Waals surface area contributed by atoms with Crippen LogP contribution in [0.4, 0.5) is 0 Å². The summed E-state index contributed by atoms with van der Waals surface area (Å²) >= 11 is 0. The van der Waals surface area contributed by atoms with Crippen LogP contribution in [-0.4, -0.2) is 37.0 Å². The first-order valence-corrected chi connectivity index (χ1v) is 5.77. The Morgan fingerprint density at radius 1 is 1.43 bits per heavy atom. The van der Waals surface area contributed by atoms with E-state index < -0.39 is 0 Å². The predicted molar refractivity (Wildman–Crippen MR) is 57.3 cm³/mol. The highest BCUT2D eigenvalue weighted by molar-refractivity contribution is 4.75. The Hall–Kier alpha value is -0.120. The molecule has 14 heavy (non-hydrogen) atoms. The van der Waals surface area contributed by atoms with Gasteiger partial charge in [0.15, 0.2) is 0 Å². The fraction of sp³-hybridized carbons (Fsp3) is 1.00. The maximum atomic E-state index is 9.87. The molecule has 0 bridgehead atoms. The van der Waals surface area contributed by atoms with Crippen LogP contribution in [0.3, 0.4) is 0 Å². The molecule has 0 aliphatic carbocycles. The van der Waals surface area contributed by atoms with E-state index in [1.165, 1.54) is 0 Å². The van der Waals surface area contributed by atoms with Gasteiger partial charge in [0.25, 0.3) is 0 Å². The predicted octanol–water partition coefficient (Wildman–Crippen LogP) is 1.16. The minimum absolute atomic E-state index is 0.203. The van der Waals surface area contributed by atoms with Crippen LogP contribution in [0.5, 0.6) is 0 Å². The van der Waals surface area contributed by atoms with E-state index in [1.807, 2.05) is 0 Å². The lowest BCUT2D eigenvalue weighted by atomic mass is 9.96. The fourth-order valence-electron chi connectivity index (χ4n) is 1.98. The van der Waals surface area contributed by atoms with Crippen molar-refractivity contribution in [2.75, 3.05) is 19.8 Å². The van der Waals surface area contributed by atoms with Gasteiger partial charge < -0.3 is 15.2 Å². The van der Waals surface area contributed by atoms with Crippen LogP contribution < -0.4 is 5.32 Å². The highest BCUT2D eigenvalue weighted by Crippen LogP contribution is 2.13. The van der Waals surface area contributed by atoms with E-state index in [0.29, 0.717) is 18.5 Å². The summed E-state index contributed by atoms with van der Waals surface area (Å²) < 4.78 is 5.26. The molecule has 0 saturated carbocycles. The summed E-state index contributed by atoms with van der Waals surface area (Å²) in [6.07, 6.45) is 2.99. The average molecular weight is 201 g/mol. The van der Waals surface area contributed by atoms with E-state index in [2.05, 4.69) is 19.2 Å². The number of rotatable bonds is 6. The van der Waals surface area contributed by atoms with Crippen molar-refractivity contribution < 1.29 is 9.84 Å². The number of nitrogens with one attached hydrogen (secondary N) is 1. The second-order valence-electron chi connectivity index (χ2n) is 4.11. The molecular formula is C11H23NO2. The topological polar surface area (TPSA) is 41.5 Å². The van der Waals surface area contributed by atoms with Gasteiger partial charge in [-0.2, -0.15) is 0 Å². The van der Waals surface area contributed by atoms with Crippen molar-refractivity contribution in [1.82, 2.24) is 5.32 Å². The quantitative estimate of drug-likeness (QED) is 0.677. The summed E-state index contributed by atoms with van der Waals surface area (Å²) in [5.41, 5.74) is 0. The van der Waals surface area contributed by atoms with Gasteiger partial charge in [0, 0.05) is 19.2 Å². The monoisotopic (exact) mass is 201 g/mol. The molecule has 1 heterocycles. The minimum Gasteiger partial charge on any atom is -0.392 e. The van der Waals surface area contributed by atoms with Gasteiger partial charge in [0.2, 0.25) is 0 Å². The van der Waals surface area contributed by atoms with Crippen molar-refractivity contribution in [3.63, 3.8) is 0 Å². The van der Waals surface area contributed by atoms with Crippen LogP contribution in [-0.2, 0) is 4.74 Å². The van der Waals surface area contributed by atoms with Crippen molar-refractivity contribution in [1.29, 1.82) is 0 Å². The third kappa shape index (κ3) is 3.56. The second kappa shape index (κ2) is 6.38. The van der Waals surface area contributed by atoms with E-state index in [-0.39, 0.29) is 6.10 Å². The molecule has 1 rings (SSSR count). The summed E-state index contributed by atoms with van der Waals surface area (Å²) in [6.45, 7) is 6.64. The summed E-state index contributed by atoms with van der Waals surface area (Å²) in [4.78, 5) is 0. The lowest BCUT2D eigenvalue weighted by Crippen LogP contribution is -2.38. The number of hydrogen-bond donors (Lipinski definition) is 2. The van der Waals surface area contributed by atoms with Gasteiger partial charge in [0.1, 0.15) is 0 Å². The van der Waals surface area contributed by atoms with Gasteiger partial charge in [-0.3, -0.25) is 0 Å². The molecule has 0 aromatic carbocycles. The van der Waals surface area contributed by atoms with Crippen LogP contribution in [0.2, 0.25) is 0 Å². The van der Waals surface area contributed by atoms with E-state index in [4.69, 9.17) is 4.74 Å². The van der Waals surface area contributed by atoms with Crippen LogP contribution >= 0.6 is 0 Å². The molecule has 1 aliphatic heterocycles. The van der Waals surface area contributed by atoms with E-state index >= 15 is 0 Å². The van der Waals surface area contributed by atoms with Gasteiger partial charge in [0.05, 0.1) is 12.7 Å². The Balaban J connectivity index is 2.15. The average Bonchev–Trinajstić information content (AvgIpc) is 2.69. The van der Waals surface area contributed by atoms with Crippen LogP contribution in [0.25, 0.3) is 0 Å². The Morgan fingerprint density at radius 3 is 2.64 bits per heavy atom. The summed E-state index contributed by atoms with van der Waals surface area (Å²) in [5.74, 6) is 0.435. The molecule has 1 aliphatic rings. The molecule has 3 nitrogen and oxygen atoms in total. The number of hydrogen-bond acceptors (Lipinski definition) is 3. The summed E-state index contributed by atoms with van der Waals surface area (Å²) in [7, 11) is 0. The smallest absolute Gasteiger partial charge is 0.0692 e. The van der Waals surface area contributed by atoms with Crippen molar-refractivity contribution >= 4 is 0 Å². The maximum Gasteiger partial charge on any atom is 0.0692 e. The Kier molecular flexibility index (Phi) is 5.45. The Bertz CT molecular complexity index is 142. The third-order valence-corrected chi connectivity index (χ3v) is 3.14. The number of aliphatic hydroxyl groups is 1. The highest BCUT2D eigenvalue weighted by Gasteiger charge is 2.19. The molecule has 1 saturated heterocycles.